The highest BCUT2D eigenvalue weighted by Crippen LogP contribution is 2.29. The zero-order chi connectivity index (χ0) is 11.7. The van der Waals surface area contributed by atoms with Crippen molar-refractivity contribution in [3.05, 3.63) is 47.2 Å². The lowest BCUT2D eigenvalue weighted by Gasteiger charge is -2.01. The molecule has 1 aliphatic rings. The van der Waals surface area contributed by atoms with Crippen molar-refractivity contribution in [1.29, 1.82) is 0 Å². The third-order valence-electron chi connectivity index (χ3n) is 2.94. The normalized spacial score (nSPS) is 14.3. The molecule has 0 amide bonds. The maximum Gasteiger partial charge on any atom is 0.135 e. The molecule has 0 radical (unpaired) electrons. The summed E-state index contributed by atoms with van der Waals surface area (Å²) in [6, 6.07) is 12.4. The molecular weight excluding hydrogens is 269 g/mol. The third-order valence-corrected chi connectivity index (χ3v) is 3.27. The molecule has 1 aromatic carbocycles. The first-order chi connectivity index (χ1) is 8.33. The Labute approximate surface area is 118 Å². The Hall–Kier alpha value is -0.960. The highest BCUT2D eigenvalue weighted by molar-refractivity contribution is 6.33. The van der Waals surface area contributed by atoms with Gasteiger partial charge >= 0.3 is 0 Å². The monoisotopic (exact) mass is 282 g/mol. The van der Waals surface area contributed by atoms with Crippen molar-refractivity contribution in [3.8, 4) is 11.3 Å². The lowest BCUT2D eigenvalue weighted by atomic mass is 10.2. The smallest absolute Gasteiger partial charge is 0.135 e. The van der Waals surface area contributed by atoms with Crippen LogP contribution in [-0.2, 0) is 6.54 Å². The van der Waals surface area contributed by atoms with Crippen LogP contribution in [0.5, 0.6) is 0 Å². The summed E-state index contributed by atoms with van der Waals surface area (Å²) in [5.41, 5.74) is 0.951. The molecule has 18 heavy (non-hydrogen) atoms. The zero-order valence-corrected chi connectivity index (χ0v) is 11.3. The summed E-state index contributed by atoms with van der Waals surface area (Å²) in [5.74, 6) is 1.80. The number of hydrogen-bond acceptors (Lipinski definition) is 2. The first-order valence-electron chi connectivity index (χ1n) is 5.90. The molecule has 0 saturated heterocycles. The molecule has 4 heteroatoms. The van der Waals surface area contributed by atoms with Gasteiger partial charge in [-0.15, -0.1) is 0 Å². The molecule has 0 atom stereocenters. The van der Waals surface area contributed by atoms with Crippen LogP contribution in [-0.4, -0.2) is 6.04 Å². The molecule has 1 heterocycles. The fourth-order valence-corrected chi connectivity index (χ4v) is 2.04. The van der Waals surface area contributed by atoms with Crippen molar-refractivity contribution >= 4 is 11.6 Å². The van der Waals surface area contributed by atoms with Crippen molar-refractivity contribution in [3.63, 3.8) is 0 Å². The quantitative estimate of drug-likeness (QED) is 0.900. The van der Waals surface area contributed by atoms with Gasteiger partial charge in [0.05, 0.1) is 11.6 Å². The second-order valence-corrected chi connectivity index (χ2v) is 4.81. The lowest BCUT2D eigenvalue weighted by molar-refractivity contribution is -0.00000391. The van der Waals surface area contributed by atoms with Crippen LogP contribution in [0, 0.1) is 0 Å². The maximum absolute atomic E-state index is 6.13. The van der Waals surface area contributed by atoms with E-state index in [0.717, 1.165) is 28.7 Å². The van der Waals surface area contributed by atoms with Gasteiger partial charge in [-0.05, 0) is 37.1 Å². The highest BCUT2D eigenvalue weighted by atomic mass is 35.5. The minimum atomic E-state index is 0. The molecule has 1 saturated carbocycles. The Kier molecular flexibility index (Phi) is 4.33. The van der Waals surface area contributed by atoms with Gasteiger partial charge in [0.1, 0.15) is 11.5 Å². The van der Waals surface area contributed by atoms with Crippen molar-refractivity contribution in [1.82, 2.24) is 5.32 Å². The first-order valence-corrected chi connectivity index (χ1v) is 6.28. The van der Waals surface area contributed by atoms with E-state index in [9.17, 15) is 0 Å². The van der Waals surface area contributed by atoms with E-state index >= 15 is 0 Å². The molecule has 1 aliphatic carbocycles. The molecule has 0 spiro atoms. The molecule has 0 aliphatic heterocycles. The van der Waals surface area contributed by atoms with Crippen molar-refractivity contribution in [2.75, 3.05) is 0 Å². The Balaban J connectivity index is 0.00000120. The summed E-state index contributed by atoms with van der Waals surface area (Å²) in [5, 5.41) is 4.15. The average Bonchev–Trinajstić information content (AvgIpc) is 3.06. The SMILES string of the molecule is Clc1ccccc1-c1ccc(CNC2CC2)o1.[Cl-]. The fraction of sp³-hybridized carbons (Fsp3) is 0.286. The van der Waals surface area contributed by atoms with Crippen molar-refractivity contribution < 1.29 is 16.8 Å². The second-order valence-electron chi connectivity index (χ2n) is 4.40. The van der Waals surface area contributed by atoms with E-state index in [2.05, 4.69) is 5.32 Å². The molecule has 1 fully saturated rings. The summed E-state index contributed by atoms with van der Waals surface area (Å²) >= 11 is 6.13. The van der Waals surface area contributed by atoms with Crippen LogP contribution < -0.4 is 17.7 Å². The van der Waals surface area contributed by atoms with Crippen LogP contribution in [0.2, 0.25) is 5.02 Å². The standard InChI is InChI=1S/C14H14ClNO.ClH/c15-13-4-2-1-3-12(13)14-8-7-11(17-14)9-16-10-5-6-10;/h1-4,7-8,10,16H,5-6,9H2;1H/p-1. The van der Waals surface area contributed by atoms with Crippen LogP contribution in [0.3, 0.4) is 0 Å². The van der Waals surface area contributed by atoms with Crippen molar-refractivity contribution in [2.45, 2.75) is 25.4 Å². The molecule has 2 nitrogen and oxygen atoms in total. The molecule has 2 aromatic rings. The summed E-state index contributed by atoms with van der Waals surface area (Å²) in [7, 11) is 0. The third kappa shape index (κ3) is 3.08. The summed E-state index contributed by atoms with van der Waals surface area (Å²) in [6.07, 6.45) is 2.58. The van der Waals surface area contributed by atoms with Gasteiger partial charge in [-0.1, -0.05) is 23.7 Å². The van der Waals surface area contributed by atoms with Gasteiger partial charge in [0.2, 0.25) is 0 Å². The van der Waals surface area contributed by atoms with Crippen LogP contribution in [0.25, 0.3) is 11.3 Å². The fourth-order valence-electron chi connectivity index (χ4n) is 1.81. The summed E-state index contributed by atoms with van der Waals surface area (Å²) in [4.78, 5) is 0. The zero-order valence-electron chi connectivity index (χ0n) is 9.83. The summed E-state index contributed by atoms with van der Waals surface area (Å²) < 4.78 is 5.78. The Morgan fingerprint density at radius 3 is 2.67 bits per heavy atom. The van der Waals surface area contributed by atoms with Gasteiger partial charge < -0.3 is 22.1 Å². The van der Waals surface area contributed by atoms with E-state index in [1.165, 1.54) is 12.8 Å². The van der Waals surface area contributed by atoms with E-state index in [0.29, 0.717) is 6.04 Å². The maximum atomic E-state index is 6.13. The lowest BCUT2D eigenvalue weighted by Crippen LogP contribution is -3.00. The molecule has 96 valence electrons. The Morgan fingerprint density at radius 1 is 1.17 bits per heavy atom. The molecule has 1 N–H and O–H groups in total. The van der Waals surface area contributed by atoms with E-state index < -0.39 is 0 Å². The molecule has 1 aromatic heterocycles. The van der Waals surface area contributed by atoms with Gasteiger partial charge in [0.15, 0.2) is 0 Å². The van der Waals surface area contributed by atoms with Gasteiger partial charge in [0.25, 0.3) is 0 Å². The number of benzene rings is 1. The highest BCUT2D eigenvalue weighted by Gasteiger charge is 2.20. The Bertz CT molecular complexity index is 520. The summed E-state index contributed by atoms with van der Waals surface area (Å²) in [6.45, 7) is 0.801. The van der Waals surface area contributed by atoms with Gasteiger partial charge in [-0.25, -0.2) is 0 Å². The topological polar surface area (TPSA) is 25.2 Å². The minimum absolute atomic E-state index is 0. The first kappa shape index (κ1) is 13.5. The van der Waals surface area contributed by atoms with Gasteiger partial charge in [-0.3, -0.25) is 0 Å². The van der Waals surface area contributed by atoms with E-state index in [1.807, 2.05) is 36.4 Å². The number of nitrogens with one attached hydrogen (secondary N) is 1. The van der Waals surface area contributed by atoms with E-state index in [4.69, 9.17) is 16.0 Å². The van der Waals surface area contributed by atoms with Crippen LogP contribution in [0.15, 0.2) is 40.8 Å². The van der Waals surface area contributed by atoms with Gasteiger partial charge in [-0.2, -0.15) is 0 Å². The molecule has 3 rings (SSSR count). The number of halogens is 2. The molecular formula is C14H14Cl2NO-. The van der Waals surface area contributed by atoms with Crippen LogP contribution in [0.4, 0.5) is 0 Å². The number of rotatable bonds is 4. The van der Waals surface area contributed by atoms with Crippen LogP contribution >= 0.6 is 11.6 Å². The number of furan rings is 1. The Morgan fingerprint density at radius 2 is 1.94 bits per heavy atom. The predicted molar refractivity (Wildman–Crippen MR) is 69.0 cm³/mol. The van der Waals surface area contributed by atoms with E-state index in [1.54, 1.807) is 0 Å². The van der Waals surface area contributed by atoms with E-state index in [-0.39, 0.29) is 12.4 Å². The second kappa shape index (κ2) is 5.79. The van der Waals surface area contributed by atoms with Crippen LogP contribution in [0.1, 0.15) is 18.6 Å². The number of hydrogen-bond donors (Lipinski definition) is 1. The van der Waals surface area contributed by atoms with Crippen molar-refractivity contribution in [2.24, 2.45) is 0 Å². The predicted octanol–water partition coefficient (Wildman–Crippen LogP) is 0.856. The largest absolute Gasteiger partial charge is 1.00 e. The average molecular weight is 283 g/mol. The minimum Gasteiger partial charge on any atom is -1.00 e. The molecule has 0 bridgehead atoms. The molecule has 0 unspecified atom stereocenters. The van der Waals surface area contributed by atoms with Gasteiger partial charge in [0, 0.05) is 11.6 Å².